The zero-order valence-corrected chi connectivity index (χ0v) is 11.7. The molecule has 0 aliphatic carbocycles. The minimum absolute atomic E-state index is 0.170. The summed E-state index contributed by atoms with van der Waals surface area (Å²) < 4.78 is 19.3. The molecule has 0 aliphatic rings. The van der Waals surface area contributed by atoms with Crippen molar-refractivity contribution in [2.24, 2.45) is 0 Å². The lowest BCUT2D eigenvalue weighted by molar-refractivity contribution is 0.412. The van der Waals surface area contributed by atoms with Crippen LogP contribution in [0, 0.1) is 5.82 Å². The van der Waals surface area contributed by atoms with Crippen molar-refractivity contribution < 1.29 is 8.81 Å². The van der Waals surface area contributed by atoms with Gasteiger partial charge in [0.15, 0.2) is 11.4 Å². The fourth-order valence-corrected chi connectivity index (χ4v) is 2.42. The molecule has 2 nitrogen and oxygen atoms in total. The molecule has 0 saturated heterocycles. The van der Waals surface area contributed by atoms with Crippen LogP contribution in [0.5, 0.6) is 0 Å². The number of para-hydroxylation sites is 1. The summed E-state index contributed by atoms with van der Waals surface area (Å²) in [6.07, 6.45) is 5.94. The molecule has 1 aromatic heterocycles. The summed E-state index contributed by atoms with van der Waals surface area (Å²) in [6, 6.07) is 7.15. The first-order chi connectivity index (χ1) is 9.26. The van der Waals surface area contributed by atoms with Gasteiger partial charge in [-0.3, -0.25) is 0 Å². The van der Waals surface area contributed by atoms with Crippen LogP contribution in [0.4, 0.5) is 4.39 Å². The van der Waals surface area contributed by atoms with Gasteiger partial charge in [0.25, 0.3) is 0 Å². The maximum atomic E-state index is 13.6. The summed E-state index contributed by atoms with van der Waals surface area (Å²) in [4.78, 5) is 0. The van der Waals surface area contributed by atoms with E-state index >= 15 is 0 Å². The number of rotatable bonds is 7. The molecular weight excluding hydrogens is 241 g/mol. The van der Waals surface area contributed by atoms with Gasteiger partial charge >= 0.3 is 0 Å². The fourth-order valence-electron chi connectivity index (χ4n) is 2.42. The van der Waals surface area contributed by atoms with E-state index in [0.29, 0.717) is 5.58 Å². The molecule has 1 unspecified atom stereocenters. The number of hydrogen-bond donors (Lipinski definition) is 1. The average molecular weight is 263 g/mol. The van der Waals surface area contributed by atoms with Crippen molar-refractivity contribution in [2.75, 3.05) is 7.05 Å². The summed E-state index contributed by atoms with van der Waals surface area (Å²) in [7, 11) is 1.92. The SMILES string of the molecule is CCCCCCC(NC)c1cc2cccc(F)c2o1. The first-order valence-electron chi connectivity index (χ1n) is 7.11. The molecule has 1 atom stereocenters. The smallest absolute Gasteiger partial charge is 0.169 e. The highest BCUT2D eigenvalue weighted by Crippen LogP contribution is 2.28. The number of hydrogen-bond acceptors (Lipinski definition) is 2. The summed E-state index contributed by atoms with van der Waals surface area (Å²) in [5.41, 5.74) is 0.367. The number of furan rings is 1. The molecule has 0 bridgehead atoms. The molecule has 104 valence electrons. The predicted octanol–water partition coefficient (Wildman–Crippen LogP) is 4.80. The standard InChI is InChI=1S/C16H22FNO/c1-3-4-5-6-10-14(18-2)15-11-12-8-7-9-13(17)16(12)19-15/h7-9,11,14,18H,3-6,10H2,1-2H3. The van der Waals surface area contributed by atoms with Gasteiger partial charge in [-0.1, -0.05) is 44.7 Å². The molecule has 0 radical (unpaired) electrons. The van der Waals surface area contributed by atoms with Crippen LogP contribution in [-0.4, -0.2) is 7.05 Å². The van der Waals surface area contributed by atoms with Gasteiger partial charge in [0, 0.05) is 5.39 Å². The number of unbranched alkanes of at least 4 members (excludes halogenated alkanes) is 3. The van der Waals surface area contributed by atoms with Crippen molar-refractivity contribution in [3.63, 3.8) is 0 Å². The van der Waals surface area contributed by atoms with Gasteiger partial charge in [0.2, 0.25) is 0 Å². The Kier molecular flexibility index (Phi) is 4.97. The van der Waals surface area contributed by atoms with Crippen molar-refractivity contribution in [1.29, 1.82) is 0 Å². The Morgan fingerprint density at radius 2 is 2.11 bits per heavy atom. The number of fused-ring (bicyclic) bond motifs is 1. The number of nitrogens with one attached hydrogen (secondary N) is 1. The van der Waals surface area contributed by atoms with Crippen LogP contribution in [0.25, 0.3) is 11.0 Å². The van der Waals surface area contributed by atoms with E-state index in [9.17, 15) is 4.39 Å². The molecule has 0 fully saturated rings. The molecule has 1 heterocycles. The van der Waals surface area contributed by atoms with E-state index in [4.69, 9.17) is 4.42 Å². The van der Waals surface area contributed by atoms with E-state index in [-0.39, 0.29) is 11.9 Å². The third kappa shape index (κ3) is 3.35. The minimum Gasteiger partial charge on any atom is -0.456 e. The molecule has 0 amide bonds. The molecule has 2 aromatic rings. The van der Waals surface area contributed by atoms with Crippen LogP contribution in [-0.2, 0) is 0 Å². The Morgan fingerprint density at radius 1 is 1.26 bits per heavy atom. The Labute approximate surface area is 114 Å². The van der Waals surface area contributed by atoms with Crippen LogP contribution in [0.3, 0.4) is 0 Å². The second kappa shape index (κ2) is 6.71. The van der Waals surface area contributed by atoms with Gasteiger partial charge in [-0.25, -0.2) is 4.39 Å². The van der Waals surface area contributed by atoms with Crippen molar-refractivity contribution in [2.45, 2.75) is 45.1 Å². The van der Waals surface area contributed by atoms with Crippen LogP contribution < -0.4 is 5.32 Å². The molecular formula is C16H22FNO. The van der Waals surface area contributed by atoms with Crippen LogP contribution in [0.1, 0.15) is 50.8 Å². The molecule has 1 N–H and O–H groups in total. The quantitative estimate of drug-likeness (QED) is 0.726. The fraction of sp³-hybridized carbons (Fsp3) is 0.500. The zero-order chi connectivity index (χ0) is 13.7. The predicted molar refractivity (Wildman–Crippen MR) is 76.7 cm³/mol. The monoisotopic (exact) mass is 263 g/mol. The largest absolute Gasteiger partial charge is 0.456 e. The van der Waals surface area contributed by atoms with E-state index < -0.39 is 0 Å². The second-order valence-electron chi connectivity index (χ2n) is 5.00. The normalized spacial score (nSPS) is 13.0. The van der Waals surface area contributed by atoms with Gasteiger partial charge in [-0.15, -0.1) is 0 Å². The average Bonchev–Trinajstić information content (AvgIpc) is 2.84. The highest BCUT2D eigenvalue weighted by Gasteiger charge is 2.15. The summed E-state index contributed by atoms with van der Waals surface area (Å²) >= 11 is 0. The third-order valence-corrected chi connectivity index (χ3v) is 3.55. The van der Waals surface area contributed by atoms with E-state index in [0.717, 1.165) is 17.6 Å². The molecule has 3 heteroatoms. The van der Waals surface area contributed by atoms with Crippen LogP contribution >= 0.6 is 0 Å². The topological polar surface area (TPSA) is 25.2 Å². The summed E-state index contributed by atoms with van der Waals surface area (Å²) in [6.45, 7) is 2.21. The Bertz CT molecular complexity index is 520. The lowest BCUT2D eigenvalue weighted by atomic mass is 10.1. The maximum Gasteiger partial charge on any atom is 0.169 e. The van der Waals surface area contributed by atoms with Crippen LogP contribution in [0.2, 0.25) is 0 Å². The van der Waals surface area contributed by atoms with Crippen molar-refractivity contribution >= 4 is 11.0 Å². The third-order valence-electron chi connectivity index (χ3n) is 3.55. The van der Waals surface area contributed by atoms with Crippen LogP contribution in [0.15, 0.2) is 28.7 Å². The van der Waals surface area contributed by atoms with Gasteiger partial charge in [-0.05, 0) is 25.6 Å². The van der Waals surface area contributed by atoms with E-state index in [1.165, 1.54) is 31.7 Å². The Hall–Kier alpha value is -1.35. The van der Waals surface area contributed by atoms with Crippen molar-refractivity contribution in [1.82, 2.24) is 5.32 Å². The molecule has 0 spiro atoms. The first-order valence-corrected chi connectivity index (χ1v) is 7.11. The zero-order valence-electron chi connectivity index (χ0n) is 11.7. The molecule has 0 saturated carbocycles. The molecule has 19 heavy (non-hydrogen) atoms. The highest BCUT2D eigenvalue weighted by molar-refractivity contribution is 5.78. The van der Waals surface area contributed by atoms with Gasteiger partial charge in [0.1, 0.15) is 5.76 Å². The lowest BCUT2D eigenvalue weighted by Gasteiger charge is -2.12. The van der Waals surface area contributed by atoms with E-state index in [1.807, 2.05) is 19.2 Å². The summed E-state index contributed by atoms with van der Waals surface area (Å²) in [5.74, 6) is 0.545. The second-order valence-corrected chi connectivity index (χ2v) is 5.00. The van der Waals surface area contributed by atoms with E-state index in [2.05, 4.69) is 12.2 Å². The van der Waals surface area contributed by atoms with Gasteiger partial charge in [0.05, 0.1) is 6.04 Å². The maximum absolute atomic E-state index is 13.6. The van der Waals surface area contributed by atoms with Gasteiger partial charge in [-0.2, -0.15) is 0 Å². The highest BCUT2D eigenvalue weighted by atomic mass is 19.1. The molecule has 0 aliphatic heterocycles. The van der Waals surface area contributed by atoms with Crippen molar-refractivity contribution in [3.05, 3.63) is 35.8 Å². The Morgan fingerprint density at radius 3 is 2.79 bits per heavy atom. The number of halogens is 1. The first kappa shape index (κ1) is 14.1. The Balaban J connectivity index is 2.10. The lowest BCUT2D eigenvalue weighted by Crippen LogP contribution is -2.15. The number of benzene rings is 1. The van der Waals surface area contributed by atoms with E-state index in [1.54, 1.807) is 6.07 Å². The minimum atomic E-state index is -0.287. The summed E-state index contributed by atoms with van der Waals surface area (Å²) in [5, 5.41) is 4.10. The molecule has 1 aromatic carbocycles. The van der Waals surface area contributed by atoms with Gasteiger partial charge < -0.3 is 9.73 Å². The van der Waals surface area contributed by atoms with Crippen molar-refractivity contribution in [3.8, 4) is 0 Å². The molecule has 2 rings (SSSR count).